The van der Waals surface area contributed by atoms with Crippen LogP contribution < -0.4 is 0 Å². The van der Waals surface area contributed by atoms with Crippen molar-refractivity contribution in [1.29, 1.82) is 0 Å². The van der Waals surface area contributed by atoms with E-state index in [1.807, 2.05) is 0 Å². The number of piperidine rings is 1. The van der Waals surface area contributed by atoms with Crippen LogP contribution in [0.2, 0.25) is 0 Å². The topological polar surface area (TPSA) is 3.24 Å². The van der Waals surface area contributed by atoms with Crippen molar-refractivity contribution in [3.63, 3.8) is 0 Å². The van der Waals surface area contributed by atoms with Gasteiger partial charge in [0.2, 0.25) is 0 Å². The van der Waals surface area contributed by atoms with Crippen molar-refractivity contribution in [3.8, 4) is 0 Å². The summed E-state index contributed by atoms with van der Waals surface area (Å²) in [6.45, 7) is 7.20. The lowest BCUT2D eigenvalue weighted by Gasteiger charge is -2.38. The molecule has 3 unspecified atom stereocenters. The molecular formula is C16H24BrN. The maximum atomic E-state index is 3.69. The smallest absolute Gasteiger partial charge is 0.0112 e. The Balaban J connectivity index is 2.01. The first-order valence-electron chi connectivity index (χ1n) is 7.05. The van der Waals surface area contributed by atoms with Crippen LogP contribution in [0.3, 0.4) is 0 Å². The van der Waals surface area contributed by atoms with Crippen LogP contribution in [-0.4, -0.2) is 29.4 Å². The molecule has 1 fully saturated rings. The van der Waals surface area contributed by atoms with E-state index in [9.17, 15) is 0 Å². The second-order valence-corrected chi connectivity index (χ2v) is 6.39. The van der Waals surface area contributed by atoms with E-state index in [0.29, 0.717) is 5.92 Å². The minimum atomic E-state index is 0.610. The Labute approximate surface area is 120 Å². The van der Waals surface area contributed by atoms with Gasteiger partial charge in [-0.1, -0.05) is 53.2 Å². The van der Waals surface area contributed by atoms with Gasteiger partial charge in [0.15, 0.2) is 0 Å². The fourth-order valence-electron chi connectivity index (χ4n) is 2.89. The quantitative estimate of drug-likeness (QED) is 0.750. The van der Waals surface area contributed by atoms with Gasteiger partial charge in [-0.15, -0.1) is 0 Å². The van der Waals surface area contributed by atoms with Crippen molar-refractivity contribution in [3.05, 3.63) is 35.9 Å². The molecule has 0 aliphatic carbocycles. The van der Waals surface area contributed by atoms with E-state index in [4.69, 9.17) is 0 Å². The van der Waals surface area contributed by atoms with E-state index in [0.717, 1.165) is 17.3 Å². The molecule has 1 saturated heterocycles. The normalized spacial score (nSPS) is 27.1. The second-order valence-electron chi connectivity index (χ2n) is 5.75. The Kier molecular flexibility index (Phi) is 5.25. The van der Waals surface area contributed by atoms with Crippen LogP contribution in [0.25, 0.3) is 0 Å². The van der Waals surface area contributed by atoms with Gasteiger partial charge in [-0.3, -0.25) is 4.90 Å². The molecule has 0 bridgehead atoms. The summed E-state index contributed by atoms with van der Waals surface area (Å²) in [4.78, 5) is 2.67. The fourth-order valence-corrected chi connectivity index (χ4v) is 3.46. The van der Waals surface area contributed by atoms with Gasteiger partial charge in [0.05, 0.1) is 0 Å². The number of benzene rings is 1. The largest absolute Gasteiger partial charge is 0.300 e. The number of halogens is 1. The first-order valence-corrected chi connectivity index (χ1v) is 8.17. The zero-order valence-corrected chi connectivity index (χ0v) is 13.1. The molecule has 2 heteroatoms. The molecule has 1 nitrogen and oxygen atoms in total. The van der Waals surface area contributed by atoms with Gasteiger partial charge >= 0.3 is 0 Å². The van der Waals surface area contributed by atoms with E-state index in [1.54, 1.807) is 0 Å². The molecule has 0 amide bonds. The third kappa shape index (κ3) is 3.58. The number of rotatable bonds is 4. The summed E-state index contributed by atoms with van der Waals surface area (Å²) in [6, 6.07) is 11.6. The summed E-state index contributed by atoms with van der Waals surface area (Å²) < 4.78 is 0. The van der Waals surface area contributed by atoms with Crippen LogP contribution in [0.15, 0.2) is 30.3 Å². The number of likely N-dealkylation sites (tertiary alicyclic amines) is 1. The van der Waals surface area contributed by atoms with Crippen molar-refractivity contribution < 1.29 is 0 Å². The third-order valence-corrected chi connectivity index (χ3v) is 4.94. The van der Waals surface area contributed by atoms with Crippen molar-refractivity contribution in [2.24, 2.45) is 5.92 Å². The van der Waals surface area contributed by atoms with Crippen LogP contribution in [0, 0.1) is 5.92 Å². The minimum Gasteiger partial charge on any atom is -0.300 e. The highest BCUT2D eigenvalue weighted by atomic mass is 79.9. The monoisotopic (exact) mass is 309 g/mol. The zero-order valence-electron chi connectivity index (χ0n) is 11.5. The molecule has 0 spiro atoms. The zero-order chi connectivity index (χ0) is 13.0. The summed E-state index contributed by atoms with van der Waals surface area (Å²) in [5.41, 5.74) is 1.46. The average molecular weight is 310 g/mol. The molecular weight excluding hydrogens is 286 g/mol. The molecule has 1 aromatic rings. The van der Waals surface area contributed by atoms with E-state index >= 15 is 0 Å². The molecule has 2 rings (SSSR count). The SMILES string of the molecule is CC1CCC(C)N(CC(CBr)c2ccccc2)C1. The molecule has 18 heavy (non-hydrogen) atoms. The van der Waals surface area contributed by atoms with Crippen LogP contribution in [0.4, 0.5) is 0 Å². The van der Waals surface area contributed by atoms with Gasteiger partial charge in [0.25, 0.3) is 0 Å². The number of hydrogen-bond donors (Lipinski definition) is 0. The van der Waals surface area contributed by atoms with Crippen molar-refractivity contribution in [2.75, 3.05) is 18.4 Å². The van der Waals surface area contributed by atoms with Gasteiger partial charge in [-0.05, 0) is 31.2 Å². The highest BCUT2D eigenvalue weighted by Crippen LogP contribution is 2.26. The molecule has 3 atom stereocenters. The van der Waals surface area contributed by atoms with Crippen LogP contribution in [-0.2, 0) is 0 Å². The molecule has 0 aromatic heterocycles. The Bertz CT molecular complexity index is 351. The molecule has 0 N–H and O–H groups in total. The van der Waals surface area contributed by atoms with E-state index in [1.165, 1.54) is 31.5 Å². The summed E-state index contributed by atoms with van der Waals surface area (Å²) >= 11 is 3.69. The first kappa shape index (κ1) is 14.1. The summed E-state index contributed by atoms with van der Waals surface area (Å²) in [7, 11) is 0. The van der Waals surface area contributed by atoms with Gasteiger partial charge in [-0.25, -0.2) is 0 Å². The Morgan fingerprint density at radius 3 is 2.61 bits per heavy atom. The maximum Gasteiger partial charge on any atom is 0.0112 e. The van der Waals surface area contributed by atoms with Crippen LogP contribution >= 0.6 is 15.9 Å². The lowest BCUT2D eigenvalue weighted by molar-refractivity contribution is 0.119. The molecule has 0 radical (unpaired) electrons. The summed E-state index contributed by atoms with van der Waals surface area (Å²) in [5, 5.41) is 1.05. The first-order chi connectivity index (χ1) is 8.70. The van der Waals surface area contributed by atoms with Gasteiger partial charge in [-0.2, -0.15) is 0 Å². The third-order valence-electron chi connectivity index (χ3n) is 4.16. The number of nitrogens with zero attached hydrogens (tertiary/aromatic N) is 1. The molecule has 1 heterocycles. The highest BCUT2D eigenvalue weighted by molar-refractivity contribution is 9.09. The number of hydrogen-bond acceptors (Lipinski definition) is 1. The molecule has 1 aliphatic rings. The molecule has 1 aromatic carbocycles. The Morgan fingerprint density at radius 1 is 1.22 bits per heavy atom. The minimum absolute atomic E-state index is 0.610. The Hall–Kier alpha value is -0.340. The molecule has 100 valence electrons. The standard InChI is InChI=1S/C16H24BrN/c1-13-8-9-14(2)18(11-13)12-16(10-17)15-6-4-3-5-7-15/h3-7,13-14,16H,8-12H2,1-2H3. The highest BCUT2D eigenvalue weighted by Gasteiger charge is 2.25. The average Bonchev–Trinajstić information content (AvgIpc) is 2.41. The summed E-state index contributed by atoms with van der Waals surface area (Å²) in [6.07, 6.45) is 2.74. The fraction of sp³-hybridized carbons (Fsp3) is 0.625. The van der Waals surface area contributed by atoms with Gasteiger partial charge < -0.3 is 0 Å². The lowest BCUT2D eigenvalue weighted by atomic mass is 9.92. The molecule has 1 aliphatic heterocycles. The number of alkyl halides is 1. The van der Waals surface area contributed by atoms with Crippen molar-refractivity contribution in [2.45, 2.75) is 38.6 Å². The van der Waals surface area contributed by atoms with Gasteiger partial charge in [0, 0.05) is 30.4 Å². The van der Waals surface area contributed by atoms with E-state index in [-0.39, 0.29) is 0 Å². The van der Waals surface area contributed by atoms with Crippen LogP contribution in [0.5, 0.6) is 0 Å². The maximum absolute atomic E-state index is 3.69. The summed E-state index contributed by atoms with van der Waals surface area (Å²) in [5.74, 6) is 1.46. The van der Waals surface area contributed by atoms with Crippen LogP contribution in [0.1, 0.15) is 38.2 Å². The van der Waals surface area contributed by atoms with Crippen molar-refractivity contribution in [1.82, 2.24) is 4.90 Å². The van der Waals surface area contributed by atoms with E-state index in [2.05, 4.69) is 65.0 Å². The Morgan fingerprint density at radius 2 is 1.94 bits per heavy atom. The lowest BCUT2D eigenvalue weighted by Crippen LogP contribution is -2.43. The molecule has 0 saturated carbocycles. The van der Waals surface area contributed by atoms with Gasteiger partial charge in [0.1, 0.15) is 0 Å². The predicted molar refractivity (Wildman–Crippen MR) is 82.4 cm³/mol. The van der Waals surface area contributed by atoms with E-state index < -0.39 is 0 Å². The van der Waals surface area contributed by atoms with Crippen molar-refractivity contribution >= 4 is 15.9 Å². The predicted octanol–water partition coefficient (Wildman–Crippen LogP) is 4.29. The second kappa shape index (κ2) is 6.72.